The molecule has 1 fully saturated rings. The maximum atomic E-state index is 11.9. The molecule has 8 heteroatoms. The van der Waals surface area contributed by atoms with Gasteiger partial charge in [-0.25, -0.2) is 0 Å². The zero-order valence-electron chi connectivity index (χ0n) is 11.0. The van der Waals surface area contributed by atoms with Crippen LogP contribution < -0.4 is 5.32 Å². The third-order valence-electron chi connectivity index (χ3n) is 3.00. The van der Waals surface area contributed by atoms with Crippen LogP contribution in [0.1, 0.15) is 12.8 Å². The molecule has 0 atom stereocenters. The van der Waals surface area contributed by atoms with Gasteiger partial charge in [-0.1, -0.05) is 29.2 Å². The second kappa shape index (κ2) is 6.85. The largest absolute Gasteiger partial charge is 0.469 e. The van der Waals surface area contributed by atoms with E-state index >= 15 is 0 Å². The Morgan fingerprint density at radius 3 is 2.90 bits per heavy atom. The van der Waals surface area contributed by atoms with Crippen molar-refractivity contribution in [2.45, 2.75) is 17.2 Å². The van der Waals surface area contributed by atoms with Gasteiger partial charge in [0.25, 0.3) is 0 Å². The number of aromatic nitrogens is 2. The minimum atomic E-state index is -0.243. The van der Waals surface area contributed by atoms with Crippen molar-refractivity contribution in [2.75, 3.05) is 18.2 Å². The zero-order valence-corrected chi connectivity index (χ0v) is 12.6. The SMILES string of the molecule is C=CCSc1nnc(NC(=O)C2CC(C(=O)OC)C2)s1. The number of nitrogens with one attached hydrogen (secondary N) is 1. The molecule has 0 unspecified atom stereocenters. The van der Waals surface area contributed by atoms with Gasteiger partial charge in [0.2, 0.25) is 11.0 Å². The summed E-state index contributed by atoms with van der Waals surface area (Å²) in [5, 5.41) is 11.1. The van der Waals surface area contributed by atoms with E-state index in [4.69, 9.17) is 0 Å². The van der Waals surface area contributed by atoms with Crippen LogP contribution in [0.2, 0.25) is 0 Å². The van der Waals surface area contributed by atoms with Crippen LogP contribution in [0.15, 0.2) is 17.0 Å². The number of hydrogen-bond donors (Lipinski definition) is 1. The standard InChI is InChI=1S/C12H15N3O3S2/c1-3-4-19-12-15-14-11(20-12)13-9(16)7-5-8(6-7)10(17)18-2/h3,7-8H,1,4-6H2,2H3,(H,13,14,16). The average molecular weight is 313 g/mol. The predicted octanol–water partition coefficient (Wildman–Crippen LogP) is 1.95. The van der Waals surface area contributed by atoms with Gasteiger partial charge in [0.05, 0.1) is 13.0 Å². The van der Waals surface area contributed by atoms with E-state index in [0.29, 0.717) is 18.0 Å². The van der Waals surface area contributed by atoms with Gasteiger partial charge in [-0.3, -0.25) is 9.59 Å². The topological polar surface area (TPSA) is 81.2 Å². The molecule has 6 nitrogen and oxygen atoms in total. The predicted molar refractivity (Wildman–Crippen MR) is 77.7 cm³/mol. The molecule has 1 aromatic heterocycles. The van der Waals surface area contributed by atoms with Crippen LogP contribution in [-0.4, -0.2) is 34.9 Å². The molecule has 0 aliphatic heterocycles. The highest BCUT2D eigenvalue weighted by atomic mass is 32.2. The first-order valence-electron chi connectivity index (χ1n) is 6.10. The summed E-state index contributed by atoms with van der Waals surface area (Å²) < 4.78 is 5.43. The molecule has 2 rings (SSSR count). The van der Waals surface area contributed by atoms with Gasteiger partial charge in [0.15, 0.2) is 4.34 Å². The van der Waals surface area contributed by atoms with Crippen molar-refractivity contribution in [1.82, 2.24) is 10.2 Å². The van der Waals surface area contributed by atoms with Gasteiger partial charge in [-0.05, 0) is 12.8 Å². The number of ether oxygens (including phenoxy) is 1. The highest BCUT2D eigenvalue weighted by Gasteiger charge is 2.39. The Kier molecular flexibility index (Phi) is 5.13. The molecule has 0 spiro atoms. The number of hydrogen-bond acceptors (Lipinski definition) is 7. The van der Waals surface area contributed by atoms with Crippen molar-refractivity contribution in [3.8, 4) is 0 Å². The Morgan fingerprint density at radius 2 is 2.25 bits per heavy atom. The molecule has 1 heterocycles. The van der Waals surface area contributed by atoms with Crippen LogP contribution in [-0.2, 0) is 14.3 Å². The number of amides is 1. The second-order valence-corrected chi connectivity index (χ2v) is 6.60. The Bertz CT molecular complexity index is 512. The lowest BCUT2D eigenvalue weighted by atomic mass is 9.74. The minimum absolute atomic E-state index is 0.110. The Balaban J connectivity index is 1.79. The van der Waals surface area contributed by atoms with Crippen molar-refractivity contribution in [3.63, 3.8) is 0 Å². The fourth-order valence-electron chi connectivity index (χ4n) is 1.85. The number of carbonyl (C=O) groups excluding carboxylic acids is 2. The normalized spacial score (nSPS) is 20.9. The highest BCUT2D eigenvalue weighted by molar-refractivity contribution is 8.01. The summed E-state index contributed by atoms with van der Waals surface area (Å²) in [5.41, 5.74) is 0. The fraction of sp³-hybridized carbons (Fsp3) is 0.500. The van der Waals surface area contributed by atoms with Gasteiger partial charge in [0, 0.05) is 11.7 Å². The van der Waals surface area contributed by atoms with E-state index in [1.54, 1.807) is 6.08 Å². The molecule has 0 bridgehead atoms. The number of anilines is 1. The average Bonchev–Trinajstić information content (AvgIpc) is 2.81. The quantitative estimate of drug-likeness (QED) is 0.374. The van der Waals surface area contributed by atoms with Gasteiger partial charge >= 0.3 is 5.97 Å². The smallest absolute Gasteiger partial charge is 0.308 e. The van der Waals surface area contributed by atoms with E-state index in [1.807, 2.05) is 0 Å². The van der Waals surface area contributed by atoms with Crippen molar-refractivity contribution in [3.05, 3.63) is 12.7 Å². The van der Waals surface area contributed by atoms with Crippen LogP contribution in [0.4, 0.5) is 5.13 Å². The van der Waals surface area contributed by atoms with Gasteiger partial charge < -0.3 is 10.1 Å². The van der Waals surface area contributed by atoms with Gasteiger partial charge in [0.1, 0.15) is 0 Å². The van der Waals surface area contributed by atoms with E-state index in [-0.39, 0.29) is 23.7 Å². The molecule has 1 saturated carbocycles. The lowest BCUT2D eigenvalue weighted by Crippen LogP contribution is -2.38. The molecule has 108 valence electrons. The molecular formula is C12H15N3O3S2. The van der Waals surface area contributed by atoms with Gasteiger partial charge in [-0.2, -0.15) is 0 Å². The Hall–Kier alpha value is -1.41. The van der Waals surface area contributed by atoms with Crippen LogP contribution >= 0.6 is 23.1 Å². The molecule has 0 radical (unpaired) electrons. The maximum absolute atomic E-state index is 11.9. The second-order valence-electron chi connectivity index (χ2n) is 4.35. The third kappa shape index (κ3) is 3.57. The number of rotatable bonds is 6. The first-order chi connectivity index (χ1) is 9.63. The van der Waals surface area contributed by atoms with Crippen LogP contribution in [0.3, 0.4) is 0 Å². The van der Waals surface area contributed by atoms with Crippen LogP contribution in [0.25, 0.3) is 0 Å². The lowest BCUT2D eigenvalue weighted by molar-refractivity contribution is -0.151. The van der Waals surface area contributed by atoms with Crippen LogP contribution in [0, 0.1) is 11.8 Å². The summed E-state index contributed by atoms with van der Waals surface area (Å²) >= 11 is 2.85. The molecule has 0 saturated heterocycles. The summed E-state index contributed by atoms with van der Waals surface area (Å²) in [7, 11) is 1.36. The molecule has 1 N–H and O–H groups in total. The Morgan fingerprint density at radius 1 is 1.50 bits per heavy atom. The first kappa shape index (κ1) is 15.0. The number of thioether (sulfide) groups is 1. The molecule has 1 aliphatic rings. The van der Waals surface area contributed by atoms with Crippen LogP contribution in [0.5, 0.6) is 0 Å². The number of carbonyl (C=O) groups is 2. The molecule has 0 aromatic carbocycles. The summed E-state index contributed by atoms with van der Waals surface area (Å²) in [5.74, 6) is 0.109. The Labute approximate surface area is 125 Å². The van der Waals surface area contributed by atoms with E-state index in [0.717, 1.165) is 10.1 Å². The maximum Gasteiger partial charge on any atom is 0.308 e. The minimum Gasteiger partial charge on any atom is -0.469 e. The molecule has 1 aromatic rings. The van der Waals surface area contributed by atoms with Crippen molar-refractivity contribution < 1.29 is 14.3 Å². The molecule has 1 aliphatic carbocycles. The first-order valence-corrected chi connectivity index (χ1v) is 7.90. The van der Waals surface area contributed by atoms with Crippen molar-refractivity contribution in [2.24, 2.45) is 11.8 Å². The lowest BCUT2D eigenvalue weighted by Gasteiger charge is -2.31. The van der Waals surface area contributed by atoms with E-state index in [1.165, 1.54) is 30.2 Å². The van der Waals surface area contributed by atoms with Crippen molar-refractivity contribution in [1.29, 1.82) is 0 Å². The highest BCUT2D eigenvalue weighted by Crippen LogP contribution is 2.35. The summed E-state index contributed by atoms with van der Waals surface area (Å²) in [4.78, 5) is 23.2. The molecule has 1 amide bonds. The monoisotopic (exact) mass is 313 g/mol. The number of nitrogens with zero attached hydrogens (tertiary/aromatic N) is 2. The number of esters is 1. The zero-order chi connectivity index (χ0) is 14.5. The number of methoxy groups -OCH3 is 1. The summed E-state index contributed by atoms with van der Waals surface area (Å²) in [6, 6.07) is 0. The fourth-order valence-corrected chi connectivity index (χ4v) is 3.36. The van der Waals surface area contributed by atoms with E-state index in [9.17, 15) is 9.59 Å². The van der Waals surface area contributed by atoms with E-state index in [2.05, 4.69) is 26.8 Å². The molecule has 20 heavy (non-hydrogen) atoms. The van der Waals surface area contributed by atoms with Gasteiger partial charge in [-0.15, -0.1) is 16.8 Å². The van der Waals surface area contributed by atoms with E-state index < -0.39 is 0 Å². The van der Waals surface area contributed by atoms with Crippen molar-refractivity contribution >= 4 is 40.1 Å². The summed E-state index contributed by atoms with van der Waals surface area (Å²) in [6.45, 7) is 3.63. The third-order valence-corrected chi connectivity index (χ3v) is 4.97. The summed E-state index contributed by atoms with van der Waals surface area (Å²) in [6.07, 6.45) is 2.86. The molecular weight excluding hydrogens is 298 g/mol.